The summed E-state index contributed by atoms with van der Waals surface area (Å²) in [5, 5.41) is 5.03. The van der Waals surface area contributed by atoms with E-state index >= 15 is 0 Å². The Kier molecular flexibility index (Phi) is 6.89. The minimum Gasteiger partial charge on any atom is -0.383 e. The molecule has 0 aliphatic carbocycles. The average Bonchev–Trinajstić information content (AvgIpc) is 2.97. The Morgan fingerprint density at radius 1 is 1.19 bits per heavy atom. The monoisotopic (exact) mass is 443 g/mol. The number of nitrogens with one attached hydrogen (secondary N) is 1. The second-order valence-corrected chi connectivity index (χ2v) is 7.86. The lowest BCUT2D eigenvalue weighted by Gasteiger charge is -2.09. The SMILES string of the molecule is COCCn1c(SCC(=O)Nc2cc(Cl)ccc2Cl)nc2cc(Cl)ccc21. The second kappa shape index (κ2) is 9.17. The molecular weight excluding hydrogens is 429 g/mol. The highest BCUT2D eigenvalue weighted by molar-refractivity contribution is 7.99. The van der Waals surface area contributed by atoms with Crippen molar-refractivity contribution in [2.45, 2.75) is 11.7 Å². The number of thioether (sulfide) groups is 1. The van der Waals surface area contributed by atoms with Crippen LogP contribution in [-0.4, -0.2) is 34.9 Å². The molecule has 0 fully saturated rings. The molecule has 2 aromatic carbocycles. The van der Waals surface area contributed by atoms with Gasteiger partial charge in [-0.1, -0.05) is 46.6 Å². The minimum atomic E-state index is -0.201. The molecule has 0 saturated carbocycles. The van der Waals surface area contributed by atoms with E-state index in [9.17, 15) is 4.79 Å². The van der Waals surface area contributed by atoms with E-state index in [0.29, 0.717) is 33.9 Å². The van der Waals surface area contributed by atoms with Crippen LogP contribution in [0.5, 0.6) is 0 Å². The molecule has 0 atom stereocenters. The number of amides is 1. The third-order valence-electron chi connectivity index (χ3n) is 3.73. The van der Waals surface area contributed by atoms with Gasteiger partial charge in [-0.3, -0.25) is 4.79 Å². The van der Waals surface area contributed by atoms with Crippen LogP contribution in [0.3, 0.4) is 0 Å². The molecule has 142 valence electrons. The number of anilines is 1. The first kappa shape index (κ1) is 20.3. The van der Waals surface area contributed by atoms with Crippen molar-refractivity contribution in [1.29, 1.82) is 0 Å². The summed E-state index contributed by atoms with van der Waals surface area (Å²) in [6.45, 7) is 1.16. The first-order chi connectivity index (χ1) is 13.0. The Bertz CT molecular complexity index is 978. The molecule has 0 spiro atoms. The number of imidazole rings is 1. The smallest absolute Gasteiger partial charge is 0.234 e. The second-order valence-electron chi connectivity index (χ2n) is 5.63. The van der Waals surface area contributed by atoms with Gasteiger partial charge in [-0.05, 0) is 36.4 Å². The fraction of sp³-hybridized carbons (Fsp3) is 0.222. The van der Waals surface area contributed by atoms with Gasteiger partial charge in [0.2, 0.25) is 5.91 Å². The standard InChI is InChI=1S/C18H16Cl3N3O2S/c1-26-7-6-24-16-5-3-12(20)9-15(16)23-18(24)27-10-17(25)22-14-8-11(19)2-4-13(14)21/h2-5,8-9H,6-7,10H2,1H3,(H,22,25). The van der Waals surface area contributed by atoms with Crippen molar-refractivity contribution in [2.24, 2.45) is 0 Å². The maximum Gasteiger partial charge on any atom is 0.234 e. The molecule has 3 aromatic rings. The van der Waals surface area contributed by atoms with E-state index < -0.39 is 0 Å². The molecule has 3 rings (SSSR count). The number of methoxy groups -OCH3 is 1. The molecule has 0 saturated heterocycles. The number of ether oxygens (including phenoxy) is 1. The zero-order valence-corrected chi connectivity index (χ0v) is 17.4. The minimum absolute atomic E-state index is 0.173. The molecule has 1 aromatic heterocycles. The van der Waals surface area contributed by atoms with Crippen LogP contribution in [0.2, 0.25) is 15.1 Å². The molecule has 9 heteroatoms. The van der Waals surface area contributed by atoms with E-state index in [0.717, 1.165) is 16.2 Å². The molecule has 1 N–H and O–H groups in total. The van der Waals surface area contributed by atoms with Crippen molar-refractivity contribution in [1.82, 2.24) is 9.55 Å². The fourth-order valence-corrected chi connectivity index (χ4v) is 3.84. The molecule has 0 radical (unpaired) electrons. The van der Waals surface area contributed by atoms with Gasteiger partial charge in [0.1, 0.15) is 0 Å². The largest absolute Gasteiger partial charge is 0.383 e. The van der Waals surface area contributed by atoms with E-state index in [1.165, 1.54) is 11.8 Å². The number of carbonyl (C=O) groups is 1. The third-order valence-corrected chi connectivity index (χ3v) is 5.51. The van der Waals surface area contributed by atoms with Crippen LogP contribution < -0.4 is 5.32 Å². The summed E-state index contributed by atoms with van der Waals surface area (Å²) in [5.41, 5.74) is 2.20. The van der Waals surface area contributed by atoms with E-state index in [1.807, 2.05) is 16.7 Å². The zero-order chi connectivity index (χ0) is 19.4. The van der Waals surface area contributed by atoms with E-state index in [1.54, 1.807) is 31.4 Å². The van der Waals surface area contributed by atoms with Crippen molar-refractivity contribution >= 4 is 69.2 Å². The number of aromatic nitrogens is 2. The quantitative estimate of drug-likeness (QED) is 0.497. The first-order valence-electron chi connectivity index (χ1n) is 8.00. The lowest BCUT2D eigenvalue weighted by Crippen LogP contribution is -2.15. The van der Waals surface area contributed by atoms with Gasteiger partial charge in [-0.15, -0.1) is 0 Å². The highest BCUT2D eigenvalue weighted by Gasteiger charge is 2.14. The Morgan fingerprint density at radius 3 is 2.70 bits per heavy atom. The summed E-state index contributed by atoms with van der Waals surface area (Å²) in [4.78, 5) is 16.9. The van der Waals surface area contributed by atoms with Gasteiger partial charge in [0.25, 0.3) is 0 Å². The van der Waals surface area contributed by atoms with Crippen molar-refractivity contribution < 1.29 is 9.53 Å². The van der Waals surface area contributed by atoms with Crippen LogP contribution >= 0.6 is 46.6 Å². The van der Waals surface area contributed by atoms with Gasteiger partial charge in [0.15, 0.2) is 5.16 Å². The van der Waals surface area contributed by atoms with Gasteiger partial charge >= 0.3 is 0 Å². The number of fused-ring (bicyclic) bond motifs is 1. The van der Waals surface area contributed by atoms with Gasteiger partial charge in [-0.2, -0.15) is 0 Å². The van der Waals surface area contributed by atoms with Crippen LogP contribution in [0.4, 0.5) is 5.69 Å². The maximum atomic E-state index is 12.3. The van der Waals surface area contributed by atoms with Gasteiger partial charge in [0, 0.05) is 23.7 Å². The van der Waals surface area contributed by atoms with Crippen molar-refractivity contribution in [3.05, 3.63) is 51.5 Å². The predicted octanol–water partition coefficient (Wildman–Crippen LogP) is 5.37. The van der Waals surface area contributed by atoms with Crippen LogP contribution in [0.1, 0.15) is 0 Å². The Morgan fingerprint density at radius 2 is 1.93 bits per heavy atom. The van der Waals surface area contributed by atoms with Crippen LogP contribution in [0.25, 0.3) is 11.0 Å². The van der Waals surface area contributed by atoms with Crippen molar-refractivity contribution in [3.63, 3.8) is 0 Å². The number of hydrogen-bond acceptors (Lipinski definition) is 4. The van der Waals surface area contributed by atoms with Crippen LogP contribution in [-0.2, 0) is 16.1 Å². The van der Waals surface area contributed by atoms with E-state index in [-0.39, 0.29) is 11.7 Å². The molecule has 0 bridgehead atoms. The molecule has 27 heavy (non-hydrogen) atoms. The molecule has 0 aliphatic rings. The van der Waals surface area contributed by atoms with Gasteiger partial charge in [0.05, 0.1) is 34.1 Å². The predicted molar refractivity (Wildman–Crippen MR) is 112 cm³/mol. The topological polar surface area (TPSA) is 56.1 Å². The van der Waals surface area contributed by atoms with Crippen LogP contribution in [0, 0.1) is 0 Å². The van der Waals surface area contributed by atoms with E-state index in [2.05, 4.69) is 10.3 Å². The number of benzene rings is 2. The number of hydrogen-bond donors (Lipinski definition) is 1. The zero-order valence-electron chi connectivity index (χ0n) is 14.3. The van der Waals surface area contributed by atoms with Crippen molar-refractivity contribution in [3.8, 4) is 0 Å². The molecule has 1 amide bonds. The van der Waals surface area contributed by atoms with Crippen molar-refractivity contribution in [2.75, 3.05) is 24.8 Å². The summed E-state index contributed by atoms with van der Waals surface area (Å²) in [5.74, 6) is -0.0279. The number of halogens is 3. The Labute approximate surface area is 175 Å². The van der Waals surface area contributed by atoms with Crippen LogP contribution in [0.15, 0.2) is 41.6 Å². The summed E-state index contributed by atoms with van der Waals surface area (Å²) in [7, 11) is 1.64. The summed E-state index contributed by atoms with van der Waals surface area (Å²) in [6.07, 6.45) is 0. The highest BCUT2D eigenvalue weighted by atomic mass is 35.5. The number of carbonyl (C=O) groups excluding carboxylic acids is 1. The molecule has 5 nitrogen and oxygen atoms in total. The molecule has 0 aliphatic heterocycles. The molecule has 0 unspecified atom stereocenters. The van der Waals surface area contributed by atoms with E-state index in [4.69, 9.17) is 39.5 Å². The third kappa shape index (κ3) is 5.09. The Hall–Kier alpha value is -1.44. The summed E-state index contributed by atoms with van der Waals surface area (Å²) < 4.78 is 7.19. The fourth-order valence-electron chi connectivity index (χ4n) is 2.50. The normalized spacial score (nSPS) is 11.1. The number of nitrogens with zero attached hydrogens (tertiary/aromatic N) is 2. The van der Waals surface area contributed by atoms with Gasteiger partial charge < -0.3 is 14.6 Å². The lowest BCUT2D eigenvalue weighted by molar-refractivity contribution is -0.113. The average molecular weight is 445 g/mol. The molecule has 1 heterocycles. The van der Waals surface area contributed by atoms with Gasteiger partial charge in [-0.25, -0.2) is 4.98 Å². The summed E-state index contributed by atoms with van der Waals surface area (Å²) in [6, 6.07) is 10.4. The highest BCUT2D eigenvalue weighted by Crippen LogP contribution is 2.28. The lowest BCUT2D eigenvalue weighted by atomic mass is 10.3. The maximum absolute atomic E-state index is 12.3. The number of rotatable bonds is 7. The summed E-state index contributed by atoms with van der Waals surface area (Å²) >= 11 is 19.4. The Balaban J connectivity index is 1.75. The first-order valence-corrected chi connectivity index (χ1v) is 10.1. The molecular formula is C18H16Cl3N3O2S.